The number of anilines is 1. The van der Waals surface area contributed by atoms with Crippen LogP contribution in [-0.4, -0.2) is 30.7 Å². The Morgan fingerprint density at radius 2 is 1.67 bits per heavy atom. The van der Waals surface area contributed by atoms with Gasteiger partial charge < -0.3 is 5.32 Å². The first kappa shape index (κ1) is 21.7. The second-order valence-corrected chi connectivity index (χ2v) is 8.71. The fourth-order valence-electron chi connectivity index (χ4n) is 2.96. The number of carbonyl (C=O) groups is 1. The van der Waals surface area contributed by atoms with Crippen molar-refractivity contribution in [2.24, 2.45) is 0 Å². The van der Waals surface area contributed by atoms with E-state index in [1.54, 1.807) is 11.6 Å². The van der Waals surface area contributed by atoms with Crippen molar-refractivity contribution < 1.29 is 17.6 Å². The number of sulfonamides is 1. The van der Waals surface area contributed by atoms with Gasteiger partial charge in [-0.05, 0) is 57.2 Å². The van der Waals surface area contributed by atoms with Crippen LogP contribution in [-0.2, 0) is 14.8 Å². The average Bonchev–Trinajstić information content (AvgIpc) is 2.97. The highest BCUT2D eigenvalue weighted by Gasteiger charge is 2.17. The second kappa shape index (κ2) is 8.76. The van der Waals surface area contributed by atoms with Crippen LogP contribution in [0.1, 0.15) is 23.4 Å². The van der Waals surface area contributed by atoms with Crippen LogP contribution in [0.4, 0.5) is 10.1 Å². The zero-order valence-electron chi connectivity index (χ0n) is 16.9. The van der Waals surface area contributed by atoms with Gasteiger partial charge in [0.15, 0.2) is 0 Å². The molecule has 1 aromatic heterocycles. The van der Waals surface area contributed by atoms with Crippen molar-refractivity contribution in [3.05, 3.63) is 71.3 Å². The fraction of sp³-hybridized carbons (Fsp3) is 0.238. The highest BCUT2D eigenvalue weighted by molar-refractivity contribution is 7.89. The van der Waals surface area contributed by atoms with Gasteiger partial charge in [0.1, 0.15) is 5.82 Å². The van der Waals surface area contributed by atoms with Gasteiger partial charge in [0, 0.05) is 13.0 Å². The van der Waals surface area contributed by atoms with Crippen molar-refractivity contribution >= 4 is 21.6 Å². The monoisotopic (exact) mass is 430 g/mol. The third-order valence-corrected chi connectivity index (χ3v) is 6.08. The highest BCUT2D eigenvalue weighted by Crippen LogP contribution is 2.23. The van der Waals surface area contributed by atoms with E-state index in [4.69, 9.17) is 0 Å². The minimum atomic E-state index is -3.81. The molecule has 7 nitrogen and oxygen atoms in total. The van der Waals surface area contributed by atoms with Crippen molar-refractivity contribution in [2.75, 3.05) is 11.9 Å². The van der Waals surface area contributed by atoms with Gasteiger partial charge >= 0.3 is 0 Å². The molecule has 30 heavy (non-hydrogen) atoms. The van der Waals surface area contributed by atoms with Gasteiger partial charge in [-0.2, -0.15) is 5.10 Å². The van der Waals surface area contributed by atoms with E-state index in [1.807, 2.05) is 38.1 Å². The number of carbonyl (C=O) groups excluding carboxylic acids is 1. The number of rotatable bonds is 7. The van der Waals surface area contributed by atoms with Gasteiger partial charge in [-0.15, -0.1) is 0 Å². The Morgan fingerprint density at radius 3 is 2.30 bits per heavy atom. The number of halogens is 1. The summed E-state index contributed by atoms with van der Waals surface area (Å²) in [6.07, 6.45) is -0.0605. The SMILES string of the molecule is Cc1ccc(-n2nc(C)c(NC(=O)CCNS(=O)(=O)c3ccc(F)cc3)c2C)cc1. The van der Waals surface area contributed by atoms with Crippen LogP contribution in [0.3, 0.4) is 0 Å². The third kappa shape index (κ3) is 4.92. The second-order valence-electron chi connectivity index (χ2n) is 6.94. The van der Waals surface area contributed by atoms with Crippen LogP contribution in [0, 0.1) is 26.6 Å². The molecule has 0 saturated heterocycles. The molecule has 0 aliphatic heterocycles. The molecule has 0 spiro atoms. The number of aryl methyl sites for hydroxylation is 2. The van der Waals surface area contributed by atoms with Gasteiger partial charge in [-0.25, -0.2) is 22.2 Å². The van der Waals surface area contributed by atoms with Gasteiger partial charge in [0.25, 0.3) is 0 Å². The topological polar surface area (TPSA) is 93.1 Å². The van der Waals surface area contributed by atoms with Crippen molar-refractivity contribution in [1.29, 1.82) is 0 Å². The summed E-state index contributed by atoms with van der Waals surface area (Å²) in [5.41, 5.74) is 4.05. The van der Waals surface area contributed by atoms with Crippen LogP contribution in [0.25, 0.3) is 5.69 Å². The van der Waals surface area contributed by atoms with Crippen LogP contribution in [0.2, 0.25) is 0 Å². The molecule has 0 saturated carbocycles. The predicted molar refractivity (Wildman–Crippen MR) is 113 cm³/mol. The van der Waals surface area contributed by atoms with Crippen LogP contribution in [0.15, 0.2) is 53.4 Å². The number of aromatic nitrogens is 2. The predicted octanol–water partition coefficient (Wildman–Crippen LogP) is 3.24. The Hall–Kier alpha value is -3.04. The molecule has 3 aromatic rings. The van der Waals surface area contributed by atoms with Crippen LogP contribution >= 0.6 is 0 Å². The summed E-state index contributed by atoms with van der Waals surface area (Å²) in [5, 5.41) is 7.30. The third-order valence-electron chi connectivity index (χ3n) is 4.60. The molecule has 1 amide bonds. The van der Waals surface area contributed by atoms with E-state index in [2.05, 4.69) is 15.1 Å². The van der Waals surface area contributed by atoms with E-state index in [1.165, 1.54) is 12.1 Å². The molecule has 0 fully saturated rings. The minimum Gasteiger partial charge on any atom is -0.323 e. The molecular formula is C21H23FN4O3S. The summed E-state index contributed by atoms with van der Waals surface area (Å²) < 4.78 is 41.4. The summed E-state index contributed by atoms with van der Waals surface area (Å²) in [4.78, 5) is 12.3. The molecule has 3 rings (SSSR count). The summed E-state index contributed by atoms with van der Waals surface area (Å²) in [5.74, 6) is -0.864. The molecule has 0 radical (unpaired) electrons. The molecule has 158 valence electrons. The molecule has 1 heterocycles. The summed E-state index contributed by atoms with van der Waals surface area (Å²) >= 11 is 0. The molecule has 0 atom stereocenters. The molecular weight excluding hydrogens is 407 g/mol. The molecule has 2 aromatic carbocycles. The van der Waals surface area contributed by atoms with E-state index in [-0.39, 0.29) is 23.8 Å². The molecule has 0 unspecified atom stereocenters. The molecule has 9 heteroatoms. The first-order chi connectivity index (χ1) is 14.2. The number of hydrogen-bond acceptors (Lipinski definition) is 4. The van der Waals surface area contributed by atoms with Crippen LogP contribution < -0.4 is 10.0 Å². The summed E-state index contributed by atoms with van der Waals surface area (Å²) in [6, 6.07) is 12.3. The fourth-order valence-corrected chi connectivity index (χ4v) is 3.99. The van der Waals surface area contributed by atoms with E-state index < -0.39 is 15.8 Å². The normalized spacial score (nSPS) is 11.5. The van der Waals surface area contributed by atoms with Gasteiger partial charge in [0.05, 0.1) is 27.7 Å². The van der Waals surface area contributed by atoms with Gasteiger partial charge in [0.2, 0.25) is 15.9 Å². The molecule has 0 bridgehead atoms. The number of hydrogen-bond donors (Lipinski definition) is 2. The number of amides is 1. The maximum atomic E-state index is 13.0. The highest BCUT2D eigenvalue weighted by atomic mass is 32.2. The Kier molecular flexibility index (Phi) is 6.33. The standard InChI is InChI=1S/C21H23FN4O3S/c1-14-4-8-18(9-5-14)26-16(3)21(15(2)25-26)24-20(27)12-13-23-30(28,29)19-10-6-17(22)7-11-19/h4-11,23H,12-13H2,1-3H3,(H,24,27). The Morgan fingerprint density at radius 1 is 1.03 bits per heavy atom. The Labute approximate surface area is 175 Å². The van der Waals surface area contributed by atoms with Crippen molar-refractivity contribution in [2.45, 2.75) is 32.1 Å². The Balaban J connectivity index is 1.62. The lowest BCUT2D eigenvalue weighted by Gasteiger charge is -2.09. The smallest absolute Gasteiger partial charge is 0.240 e. The van der Waals surface area contributed by atoms with E-state index >= 15 is 0 Å². The van der Waals surface area contributed by atoms with Gasteiger partial charge in [-0.3, -0.25) is 4.79 Å². The van der Waals surface area contributed by atoms with E-state index in [0.717, 1.165) is 29.1 Å². The largest absolute Gasteiger partial charge is 0.323 e. The van der Waals surface area contributed by atoms with Crippen molar-refractivity contribution in [3.8, 4) is 5.69 Å². The van der Waals surface area contributed by atoms with Gasteiger partial charge in [-0.1, -0.05) is 17.7 Å². The molecule has 0 aliphatic rings. The lowest BCUT2D eigenvalue weighted by molar-refractivity contribution is -0.116. The Bertz CT molecular complexity index is 1150. The number of nitrogens with zero attached hydrogens (tertiary/aromatic N) is 2. The summed E-state index contributed by atoms with van der Waals surface area (Å²) in [6.45, 7) is 5.56. The lowest BCUT2D eigenvalue weighted by Crippen LogP contribution is -2.28. The molecule has 0 aliphatic carbocycles. The zero-order chi connectivity index (χ0) is 21.9. The average molecular weight is 431 g/mol. The number of benzene rings is 2. The van der Waals surface area contributed by atoms with Crippen molar-refractivity contribution in [1.82, 2.24) is 14.5 Å². The maximum Gasteiger partial charge on any atom is 0.240 e. The van der Waals surface area contributed by atoms with Crippen molar-refractivity contribution in [3.63, 3.8) is 0 Å². The first-order valence-corrected chi connectivity index (χ1v) is 10.8. The van der Waals surface area contributed by atoms with E-state index in [0.29, 0.717) is 11.4 Å². The first-order valence-electron chi connectivity index (χ1n) is 9.36. The summed E-state index contributed by atoms with van der Waals surface area (Å²) in [7, 11) is -3.81. The van der Waals surface area contributed by atoms with Crippen LogP contribution in [0.5, 0.6) is 0 Å². The maximum absolute atomic E-state index is 13.0. The lowest BCUT2D eigenvalue weighted by atomic mass is 10.2. The number of nitrogens with one attached hydrogen (secondary N) is 2. The zero-order valence-corrected chi connectivity index (χ0v) is 17.8. The van der Waals surface area contributed by atoms with E-state index in [9.17, 15) is 17.6 Å². The quantitative estimate of drug-likeness (QED) is 0.602. The molecule has 2 N–H and O–H groups in total. The minimum absolute atomic E-state index is 0.0598.